The number of amides is 1. The average molecular weight is 415 g/mol. The predicted molar refractivity (Wildman–Crippen MR) is 116 cm³/mol. The summed E-state index contributed by atoms with van der Waals surface area (Å²) in [4.78, 5) is 35.7. The Morgan fingerprint density at radius 3 is 2.79 bits per heavy atom. The fourth-order valence-electron chi connectivity index (χ4n) is 4.51. The van der Waals surface area contributed by atoms with Crippen LogP contribution >= 0.6 is 11.3 Å². The van der Waals surface area contributed by atoms with E-state index in [2.05, 4.69) is 41.0 Å². The number of Topliss-reactive ketones (excluding diaryl/α,β-unsaturated/α-hetero) is 1. The minimum atomic E-state index is -0.227. The van der Waals surface area contributed by atoms with Gasteiger partial charge in [-0.05, 0) is 56.2 Å². The Bertz CT molecular complexity index is 935. The summed E-state index contributed by atoms with van der Waals surface area (Å²) in [7, 11) is 0. The molecule has 0 atom stereocenters. The summed E-state index contributed by atoms with van der Waals surface area (Å²) in [5.41, 5.74) is 3.73. The van der Waals surface area contributed by atoms with Gasteiger partial charge in [0.2, 0.25) is 0 Å². The van der Waals surface area contributed by atoms with Crippen LogP contribution in [0.25, 0.3) is 0 Å². The van der Waals surface area contributed by atoms with Crippen LogP contribution in [-0.4, -0.2) is 39.6 Å². The maximum Gasteiger partial charge on any atom is 0.274 e. The normalized spacial score (nSPS) is 19.9. The quantitative estimate of drug-likeness (QED) is 0.776. The monoisotopic (exact) mass is 414 g/mol. The highest BCUT2D eigenvalue weighted by Crippen LogP contribution is 2.36. The number of aromatic amines is 1. The predicted octanol–water partition coefficient (Wildman–Crippen LogP) is 4.42. The van der Waals surface area contributed by atoms with Crippen LogP contribution in [0.15, 0.2) is 5.38 Å². The first kappa shape index (κ1) is 20.3. The first-order chi connectivity index (χ1) is 13.7. The molecule has 1 fully saturated rings. The molecule has 2 aromatic heterocycles. The number of H-pyrrole nitrogens is 1. The largest absolute Gasteiger partial charge is 0.354 e. The second kappa shape index (κ2) is 7.69. The second-order valence-corrected chi connectivity index (χ2v) is 10.3. The lowest BCUT2D eigenvalue weighted by molar-refractivity contribution is 0.0910. The molecule has 2 aliphatic rings. The molecule has 2 N–H and O–H groups in total. The lowest BCUT2D eigenvalue weighted by atomic mass is 9.75. The second-order valence-electron chi connectivity index (χ2n) is 9.48. The molecule has 2 aromatic rings. The molecule has 0 unspecified atom stereocenters. The number of hydrogen-bond donors (Lipinski definition) is 2. The van der Waals surface area contributed by atoms with Crippen LogP contribution < -0.4 is 5.32 Å². The molecule has 1 amide bonds. The standard InChI is InChI=1S/C22H30N4O2S/c1-13-5-7-26(8-6-13)11-15-12-29-21(23-15)25-20(28)19-14(2)18-16(24-19)9-22(3,4)10-17(18)27/h12-13,24H,5-11H2,1-4H3,(H,23,25,28). The van der Waals surface area contributed by atoms with Crippen molar-refractivity contribution in [3.63, 3.8) is 0 Å². The number of carbonyl (C=O) groups is 2. The maximum atomic E-state index is 12.9. The van der Waals surface area contributed by atoms with Gasteiger partial charge in [0.25, 0.3) is 5.91 Å². The molecule has 0 aromatic carbocycles. The van der Waals surface area contributed by atoms with Crippen molar-refractivity contribution in [1.82, 2.24) is 14.9 Å². The van der Waals surface area contributed by atoms with Crippen LogP contribution in [0, 0.1) is 18.3 Å². The zero-order chi connectivity index (χ0) is 20.8. The zero-order valence-corrected chi connectivity index (χ0v) is 18.5. The van der Waals surface area contributed by atoms with Crippen LogP contribution in [0.3, 0.4) is 0 Å². The summed E-state index contributed by atoms with van der Waals surface area (Å²) in [5.74, 6) is 0.704. The van der Waals surface area contributed by atoms with Gasteiger partial charge in [0.15, 0.2) is 10.9 Å². The summed E-state index contributed by atoms with van der Waals surface area (Å²) < 4.78 is 0. The van der Waals surface area contributed by atoms with E-state index in [9.17, 15) is 9.59 Å². The summed E-state index contributed by atoms with van der Waals surface area (Å²) in [6.45, 7) is 11.4. The van der Waals surface area contributed by atoms with E-state index in [1.807, 2.05) is 12.3 Å². The van der Waals surface area contributed by atoms with Gasteiger partial charge in [0.05, 0.1) is 5.69 Å². The van der Waals surface area contributed by atoms with Crippen molar-refractivity contribution in [1.29, 1.82) is 0 Å². The van der Waals surface area contributed by atoms with E-state index in [1.165, 1.54) is 24.2 Å². The number of rotatable bonds is 4. The SMILES string of the molecule is Cc1c(C(=O)Nc2nc(CN3CCC(C)CC3)cs2)[nH]c2c1C(=O)CC(C)(C)C2. The summed E-state index contributed by atoms with van der Waals surface area (Å²) in [6, 6.07) is 0. The number of carbonyl (C=O) groups excluding carboxylic acids is 2. The van der Waals surface area contributed by atoms with Gasteiger partial charge in [0, 0.05) is 29.6 Å². The van der Waals surface area contributed by atoms with Gasteiger partial charge in [-0.25, -0.2) is 4.98 Å². The Morgan fingerprint density at radius 1 is 1.34 bits per heavy atom. The Kier molecular flexibility index (Phi) is 5.38. The smallest absolute Gasteiger partial charge is 0.274 e. The number of nitrogens with zero attached hydrogens (tertiary/aromatic N) is 2. The molecule has 0 saturated carbocycles. The van der Waals surface area contributed by atoms with E-state index in [4.69, 9.17) is 0 Å². The fraction of sp³-hybridized carbons (Fsp3) is 0.591. The average Bonchev–Trinajstić information content (AvgIpc) is 3.20. The first-order valence-electron chi connectivity index (χ1n) is 10.4. The van der Waals surface area contributed by atoms with Gasteiger partial charge >= 0.3 is 0 Å². The van der Waals surface area contributed by atoms with Gasteiger partial charge < -0.3 is 4.98 Å². The number of nitrogens with one attached hydrogen (secondary N) is 2. The number of likely N-dealkylation sites (tertiary alicyclic amines) is 1. The third-order valence-corrected chi connectivity index (χ3v) is 6.97. The zero-order valence-electron chi connectivity index (χ0n) is 17.7. The Morgan fingerprint density at radius 2 is 2.07 bits per heavy atom. The van der Waals surface area contributed by atoms with Crippen LogP contribution in [0.1, 0.15) is 77.8 Å². The highest BCUT2D eigenvalue weighted by molar-refractivity contribution is 7.14. The number of aromatic nitrogens is 2. The molecule has 3 heterocycles. The minimum absolute atomic E-state index is 0.0778. The van der Waals surface area contributed by atoms with Crippen molar-refractivity contribution < 1.29 is 9.59 Å². The van der Waals surface area contributed by atoms with Crippen molar-refractivity contribution in [3.8, 4) is 0 Å². The number of anilines is 1. The number of piperidine rings is 1. The van der Waals surface area contributed by atoms with Crippen molar-refractivity contribution in [3.05, 3.63) is 33.6 Å². The first-order valence-corrected chi connectivity index (χ1v) is 11.3. The molecule has 0 spiro atoms. The molecule has 7 heteroatoms. The molecule has 0 bridgehead atoms. The molecular formula is C22H30N4O2S. The van der Waals surface area contributed by atoms with Gasteiger partial charge in [-0.15, -0.1) is 11.3 Å². The van der Waals surface area contributed by atoms with Crippen LogP contribution in [0.5, 0.6) is 0 Å². The van der Waals surface area contributed by atoms with Gasteiger partial charge in [0.1, 0.15) is 5.69 Å². The van der Waals surface area contributed by atoms with Gasteiger partial charge in [-0.1, -0.05) is 20.8 Å². The van der Waals surface area contributed by atoms with Gasteiger partial charge in [-0.3, -0.25) is 19.8 Å². The number of fused-ring (bicyclic) bond motifs is 1. The Balaban J connectivity index is 1.44. The lowest BCUT2D eigenvalue weighted by Gasteiger charge is -2.29. The molecule has 1 aliphatic carbocycles. The summed E-state index contributed by atoms with van der Waals surface area (Å²) >= 11 is 1.45. The number of hydrogen-bond acceptors (Lipinski definition) is 5. The molecule has 6 nitrogen and oxygen atoms in total. The highest BCUT2D eigenvalue weighted by Gasteiger charge is 2.35. The third-order valence-electron chi connectivity index (χ3n) is 6.16. The van der Waals surface area contributed by atoms with Crippen LogP contribution in [0.2, 0.25) is 0 Å². The molecule has 1 aliphatic heterocycles. The van der Waals surface area contributed by atoms with Gasteiger partial charge in [-0.2, -0.15) is 0 Å². The van der Waals surface area contributed by atoms with Crippen molar-refractivity contribution in [2.45, 2.75) is 59.9 Å². The maximum absolute atomic E-state index is 12.9. The number of thiazole rings is 1. The van der Waals surface area contributed by atoms with Crippen molar-refractivity contribution >= 4 is 28.2 Å². The van der Waals surface area contributed by atoms with E-state index in [1.54, 1.807) is 0 Å². The molecule has 4 rings (SSSR count). The lowest BCUT2D eigenvalue weighted by Crippen LogP contribution is -2.32. The van der Waals surface area contributed by atoms with E-state index in [0.717, 1.165) is 48.9 Å². The molecule has 0 radical (unpaired) electrons. The number of ketones is 1. The summed E-state index contributed by atoms with van der Waals surface area (Å²) in [6.07, 6.45) is 3.77. The molecule has 156 valence electrons. The van der Waals surface area contributed by atoms with E-state index in [-0.39, 0.29) is 17.1 Å². The molecule has 29 heavy (non-hydrogen) atoms. The van der Waals surface area contributed by atoms with Crippen molar-refractivity contribution in [2.75, 3.05) is 18.4 Å². The Labute approximate surface area is 176 Å². The third kappa shape index (κ3) is 4.31. The van der Waals surface area contributed by atoms with Crippen molar-refractivity contribution in [2.24, 2.45) is 11.3 Å². The molecular weight excluding hydrogens is 384 g/mol. The van der Waals surface area contributed by atoms with E-state index >= 15 is 0 Å². The highest BCUT2D eigenvalue weighted by atomic mass is 32.1. The van der Waals surface area contributed by atoms with E-state index < -0.39 is 0 Å². The van der Waals surface area contributed by atoms with E-state index in [0.29, 0.717) is 22.8 Å². The minimum Gasteiger partial charge on any atom is -0.354 e. The Hall–Kier alpha value is -1.99. The fourth-order valence-corrected chi connectivity index (χ4v) is 5.20. The van der Waals surface area contributed by atoms with Crippen LogP contribution in [0.4, 0.5) is 5.13 Å². The summed E-state index contributed by atoms with van der Waals surface area (Å²) in [5, 5.41) is 5.54. The molecule has 1 saturated heterocycles. The topological polar surface area (TPSA) is 78.1 Å². The van der Waals surface area contributed by atoms with Crippen LogP contribution in [-0.2, 0) is 13.0 Å².